The SMILES string of the molecule is Cc1ccc(S(=O)(=O)N2[C@@H]3CC[C@H]2CN(C)C3)cc1-c1cnc2c(N)ncnn12. The van der Waals surface area contributed by atoms with E-state index in [1.165, 1.54) is 6.33 Å². The Balaban J connectivity index is 1.60. The van der Waals surface area contributed by atoms with Crippen LogP contribution in [0.15, 0.2) is 35.6 Å². The van der Waals surface area contributed by atoms with Crippen molar-refractivity contribution in [1.29, 1.82) is 0 Å². The second-order valence-electron chi connectivity index (χ2n) is 7.94. The first kappa shape index (κ1) is 18.5. The molecule has 0 amide bonds. The minimum atomic E-state index is -3.59. The summed E-state index contributed by atoms with van der Waals surface area (Å²) in [6, 6.07) is 5.33. The Labute approximate surface area is 169 Å². The number of anilines is 1. The molecule has 3 aromatic rings. The first-order valence-corrected chi connectivity index (χ1v) is 11.1. The fraction of sp³-hybridized carbons (Fsp3) is 0.421. The maximum absolute atomic E-state index is 13.5. The van der Waals surface area contributed by atoms with Crippen molar-refractivity contribution >= 4 is 21.5 Å². The molecule has 9 nitrogen and oxygen atoms in total. The molecule has 4 heterocycles. The average Bonchev–Trinajstić information content (AvgIpc) is 3.23. The number of fused-ring (bicyclic) bond motifs is 3. The van der Waals surface area contributed by atoms with Gasteiger partial charge in [0.05, 0.1) is 16.8 Å². The fourth-order valence-corrected chi connectivity index (χ4v) is 6.52. The zero-order chi connectivity index (χ0) is 20.3. The number of hydrogen-bond acceptors (Lipinski definition) is 7. The van der Waals surface area contributed by atoms with E-state index in [1.54, 1.807) is 27.2 Å². The van der Waals surface area contributed by atoms with Crippen LogP contribution in [0.3, 0.4) is 0 Å². The Morgan fingerprint density at radius 3 is 2.59 bits per heavy atom. The molecule has 2 N–H and O–H groups in total. The molecule has 0 unspecified atom stereocenters. The zero-order valence-corrected chi connectivity index (χ0v) is 17.2. The van der Waals surface area contributed by atoms with Gasteiger partial charge in [0.25, 0.3) is 0 Å². The van der Waals surface area contributed by atoms with Gasteiger partial charge >= 0.3 is 0 Å². The summed E-state index contributed by atoms with van der Waals surface area (Å²) in [6.45, 7) is 3.49. The van der Waals surface area contributed by atoms with Gasteiger partial charge in [-0.1, -0.05) is 6.07 Å². The first-order valence-electron chi connectivity index (χ1n) is 9.63. The quantitative estimate of drug-likeness (QED) is 0.686. The van der Waals surface area contributed by atoms with E-state index >= 15 is 0 Å². The third-order valence-corrected chi connectivity index (χ3v) is 7.99. The smallest absolute Gasteiger partial charge is 0.243 e. The van der Waals surface area contributed by atoms with Gasteiger partial charge in [0.15, 0.2) is 11.5 Å². The Hall–Kier alpha value is -2.56. The maximum atomic E-state index is 13.5. The van der Waals surface area contributed by atoms with E-state index in [-0.39, 0.29) is 17.9 Å². The number of imidazole rings is 1. The van der Waals surface area contributed by atoms with Crippen LogP contribution >= 0.6 is 0 Å². The standard InChI is InChI=1S/C19H23N7O2S/c1-12-3-6-15(29(27,28)26-13-4-5-14(26)10-24(2)9-13)7-16(12)17-8-21-19-18(20)22-11-23-25(17)19/h3,6-8,11,13-14H,4-5,9-10H2,1-2H3,(H2,20,22,23)/t13-,14+. The van der Waals surface area contributed by atoms with Gasteiger partial charge in [0.2, 0.25) is 10.0 Å². The number of piperazine rings is 1. The van der Waals surface area contributed by atoms with E-state index in [2.05, 4.69) is 27.0 Å². The number of nitrogen functional groups attached to an aromatic ring is 1. The fourth-order valence-electron chi connectivity index (χ4n) is 4.65. The lowest BCUT2D eigenvalue weighted by Gasteiger charge is -2.38. The number of aryl methyl sites for hydroxylation is 1. The Kier molecular flexibility index (Phi) is 4.12. The largest absolute Gasteiger partial charge is 0.381 e. The second kappa shape index (κ2) is 6.48. The summed E-state index contributed by atoms with van der Waals surface area (Å²) in [5, 5.41) is 4.24. The normalized spacial score (nSPS) is 23.1. The van der Waals surface area contributed by atoms with Crippen LogP contribution in [-0.4, -0.2) is 69.4 Å². The van der Waals surface area contributed by atoms with Crippen molar-refractivity contribution in [2.24, 2.45) is 0 Å². The van der Waals surface area contributed by atoms with Crippen molar-refractivity contribution in [3.8, 4) is 11.3 Å². The summed E-state index contributed by atoms with van der Waals surface area (Å²) in [5.41, 5.74) is 8.72. The summed E-state index contributed by atoms with van der Waals surface area (Å²) in [4.78, 5) is 10.8. The van der Waals surface area contributed by atoms with Crippen molar-refractivity contribution < 1.29 is 8.42 Å². The zero-order valence-electron chi connectivity index (χ0n) is 16.4. The molecule has 0 spiro atoms. The Morgan fingerprint density at radius 2 is 1.86 bits per heavy atom. The lowest BCUT2D eigenvalue weighted by molar-refractivity contribution is 0.154. The number of rotatable bonds is 3. The van der Waals surface area contributed by atoms with Crippen LogP contribution in [0.2, 0.25) is 0 Å². The highest BCUT2D eigenvalue weighted by atomic mass is 32.2. The van der Waals surface area contributed by atoms with Gasteiger partial charge in [-0.2, -0.15) is 9.40 Å². The van der Waals surface area contributed by atoms with Crippen LogP contribution in [0.1, 0.15) is 18.4 Å². The van der Waals surface area contributed by atoms with Gasteiger partial charge in [-0.3, -0.25) is 0 Å². The van der Waals surface area contributed by atoms with Crippen molar-refractivity contribution in [1.82, 2.24) is 28.8 Å². The number of nitrogens with two attached hydrogens (primary N) is 1. The third kappa shape index (κ3) is 2.82. The molecule has 2 atom stereocenters. The number of sulfonamides is 1. The number of likely N-dealkylation sites (tertiary alicyclic amines) is 1. The van der Waals surface area contributed by atoms with Crippen LogP contribution < -0.4 is 5.73 Å². The summed E-state index contributed by atoms with van der Waals surface area (Å²) >= 11 is 0. The number of benzene rings is 1. The molecular weight excluding hydrogens is 390 g/mol. The Morgan fingerprint density at radius 1 is 1.14 bits per heavy atom. The van der Waals surface area contributed by atoms with E-state index in [0.29, 0.717) is 16.2 Å². The van der Waals surface area contributed by atoms with E-state index in [9.17, 15) is 8.42 Å². The van der Waals surface area contributed by atoms with E-state index < -0.39 is 10.0 Å². The lowest BCUT2D eigenvalue weighted by atomic mass is 10.1. The number of hydrogen-bond donors (Lipinski definition) is 1. The molecule has 152 valence electrons. The average molecular weight is 414 g/mol. The van der Waals surface area contributed by atoms with Crippen molar-refractivity contribution in [3.05, 3.63) is 36.3 Å². The summed E-state index contributed by atoms with van der Waals surface area (Å²) in [6.07, 6.45) is 4.84. The van der Waals surface area contributed by atoms with Gasteiger partial charge in [0, 0.05) is 30.7 Å². The van der Waals surface area contributed by atoms with Crippen LogP contribution in [-0.2, 0) is 10.0 Å². The number of nitrogens with zero attached hydrogens (tertiary/aromatic N) is 6. The first-order chi connectivity index (χ1) is 13.9. The topological polar surface area (TPSA) is 110 Å². The van der Waals surface area contributed by atoms with Gasteiger partial charge in [0.1, 0.15) is 6.33 Å². The number of likely N-dealkylation sites (N-methyl/N-ethyl adjacent to an activating group) is 1. The highest BCUT2D eigenvalue weighted by Gasteiger charge is 2.46. The van der Waals surface area contributed by atoms with Gasteiger partial charge in [-0.25, -0.2) is 22.9 Å². The summed E-state index contributed by atoms with van der Waals surface area (Å²) in [7, 11) is -1.54. The number of aromatic nitrogens is 4. The molecule has 0 saturated carbocycles. The van der Waals surface area contributed by atoms with Gasteiger partial charge in [-0.05, 0) is 44.5 Å². The lowest BCUT2D eigenvalue weighted by Crippen LogP contribution is -2.54. The van der Waals surface area contributed by atoms with Crippen LogP contribution in [0.4, 0.5) is 5.82 Å². The van der Waals surface area contributed by atoms with Crippen LogP contribution in [0, 0.1) is 6.92 Å². The van der Waals surface area contributed by atoms with Gasteiger partial charge < -0.3 is 10.6 Å². The molecule has 0 radical (unpaired) electrons. The molecule has 2 saturated heterocycles. The highest BCUT2D eigenvalue weighted by Crippen LogP contribution is 2.36. The van der Waals surface area contributed by atoms with Crippen molar-refractivity contribution in [3.63, 3.8) is 0 Å². The Bertz CT molecular complexity index is 1190. The second-order valence-corrected chi connectivity index (χ2v) is 9.79. The molecule has 1 aromatic carbocycles. The van der Waals surface area contributed by atoms with E-state index in [0.717, 1.165) is 37.1 Å². The molecule has 2 bridgehead atoms. The van der Waals surface area contributed by atoms with Crippen molar-refractivity contribution in [2.75, 3.05) is 25.9 Å². The molecule has 29 heavy (non-hydrogen) atoms. The predicted octanol–water partition coefficient (Wildman–Crippen LogP) is 1.15. The summed E-state index contributed by atoms with van der Waals surface area (Å²) in [5.74, 6) is 0.279. The van der Waals surface area contributed by atoms with Crippen LogP contribution in [0.25, 0.3) is 16.9 Å². The molecule has 2 aliphatic rings. The van der Waals surface area contributed by atoms with Gasteiger partial charge in [-0.15, -0.1) is 0 Å². The molecule has 5 rings (SSSR count). The van der Waals surface area contributed by atoms with E-state index in [4.69, 9.17) is 5.73 Å². The highest BCUT2D eigenvalue weighted by molar-refractivity contribution is 7.89. The molecule has 2 aliphatic heterocycles. The monoisotopic (exact) mass is 413 g/mol. The maximum Gasteiger partial charge on any atom is 0.243 e. The predicted molar refractivity (Wildman–Crippen MR) is 109 cm³/mol. The molecular formula is C19H23N7O2S. The minimum Gasteiger partial charge on any atom is -0.381 e. The molecule has 0 aliphatic carbocycles. The summed E-state index contributed by atoms with van der Waals surface area (Å²) < 4.78 is 30.4. The molecule has 2 aromatic heterocycles. The minimum absolute atomic E-state index is 0.0387. The van der Waals surface area contributed by atoms with E-state index in [1.807, 2.05) is 13.0 Å². The van der Waals surface area contributed by atoms with Crippen LogP contribution in [0.5, 0.6) is 0 Å². The molecule has 10 heteroatoms. The molecule has 2 fully saturated rings. The third-order valence-electron chi connectivity index (χ3n) is 5.99. The van der Waals surface area contributed by atoms with Crippen molar-refractivity contribution in [2.45, 2.75) is 36.7 Å².